The lowest BCUT2D eigenvalue weighted by Crippen LogP contribution is -2.55. The Bertz CT molecular complexity index is 413. The van der Waals surface area contributed by atoms with E-state index in [0.29, 0.717) is 12.2 Å². The predicted molar refractivity (Wildman–Crippen MR) is 65.2 cm³/mol. The van der Waals surface area contributed by atoms with Gasteiger partial charge in [0.1, 0.15) is 0 Å². The molecule has 0 aliphatic carbocycles. The highest BCUT2D eigenvalue weighted by molar-refractivity contribution is 5.49. The zero-order valence-electron chi connectivity index (χ0n) is 10.5. The maximum absolute atomic E-state index is 13.3. The van der Waals surface area contributed by atoms with Crippen molar-refractivity contribution in [1.82, 2.24) is 5.32 Å². The summed E-state index contributed by atoms with van der Waals surface area (Å²) in [6.07, 6.45) is 0.861. The van der Waals surface area contributed by atoms with Gasteiger partial charge in [0.25, 0.3) is 0 Å². The Morgan fingerprint density at radius 3 is 2.44 bits per heavy atom. The third-order valence-electron chi connectivity index (χ3n) is 3.38. The van der Waals surface area contributed by atoms with Crippen LogP contribution in [-0.2, 0) is 0 Å². The molecule has 2 rings (SSSR count). The van der Waals surface area contributed by atoms with Crippen molar-refractivity contribution in [1.29, 1.82) is 0 Å². The highest BCUT2D eigenvalue weighted by atomic mass is 19.2. The first-order valence-corrected chi connectivity index (χ1v) is 6.17. The van der Waals surface area contributed by atoms with E-state index in [-0.39, 0.29) is 12.1 Å². The Balaban J connectivity index is 2.33. The van der Waals surface area contributed by atoms with Crippen LogP contribution in [0.5, 0.6) is 0 Å². The Morgan fingerprint density at radius 2 is 1.89 bits per heavy atom. The van der Waals surface area contributed by atoms with Gasteiger partial charge in [0.15, 0.2) is 17.5 Å². The molecule has 1 fully saturated rings. The van der Waals surface area contributed by atoms with E-state index in [1.807, 2.05) is 18.7 Å². The molecule has 1 saturated heterocycles. The minimum atomic E-state index is -1.41. The molecule has 0 spiro atoms. The van der Waals surface area contributed by atoms with E-state index in [9.17, 15) is 13.2 Å². The molecule has 18 heavy (non-hydrogen) atoms. The fraction of sp³-hybridized carbons (Fsp3) is 0.538. The summed E-state index contributed by atoms with van der Waals surface area (Å²) in [7, 11) is 0. The van der Waals surface area contributed by atoms with E-state index in [2.05, 4.69) is 5.32 Å². The van der Waals surface area contributed by atoms with E-state index >= 15 is 0 Å². The molecule has 0 saturated carbocycles. The van der Waals surface area contributed by atoms with Crippen molar-refractivity contribution in [3.8, 4) is 0 Å². The van der Waals surface area contributed by atoms with Crippen LogP contribution in [0, 0.1) is 17.5 Å². The second-order valence-corrected chi connectivity index (χ2v) is 4.75. The number of halogens is 3. The highest BCUT2D eigenvalue weighted by Crippen LogP contribution is 2.25. The lowest BCUT2D eigenvalue weighted by molar-refractivity contribution is 0.398. The highest BCUT2D eigenvalue weighted by Gasteiger charge is 2.26. The molecule has 100 valence electrons. The van der Waals surface area contributed by atoms with Gasteiger partial charge in [-0.25, -0.2) is 13.2 Å². The van der Waals surface area contributed by atoms with Crippen molar-refractivity contribution in [2.24, 2.45) is 0 Å². The molecule has 1 heterocycles. The van der Waals surface area contributed by atoms with Crippen LogP contribution >= 0.6 is 0 Å². The second kappa shape index (κ2) is 5.18. The molecule has 1 aliphatic heterocycles. The van der Waals surface area contributed by atoms with Crippen LogP contribution in [0.25, 0.3) is 0 Å². The van der Waals surface area contributed by atoms with Crippen molar-refractivity contribution < 1.29 is 13.2 Å². The summed E-state index contributed by atoms with van der Waals surface area (Å²) in [4.78, 5) is 1.94. The Morgan fingerprint density at radius 1 is 1.28 bits per heavy atom. The topological polar surface area (TPSA) is 15.3 Å². The third-order valence-corrected chi connectivity index (χ3v) is 3.38. The molecule has 0 amide bonds. The van der Waals surface area contributed by atoms with E-state index in [0.717, 1.165) is 25.1 Å². The average molecular weight is 258 g/mol. The van der Waals surface area contributed by atoms with Crippen LogP contribution in [-0.4, -0.2) is 25.2 Å². The molecule has 1 aromatic carbocycles. The van der Waals surface area contributed by atoms with Gasteiger partial charge in [-0.15, -0.1) is 0 Å². The van der Waals surface area contributed by atoms with Crippen molar-refractivity contribution >= 4 is 5.69 Å². The average Bonchev–Trinajstić information content (AvgIpc) is 2.35. The van der Waals surface area contributed by atoms with Crippen molar-refractivity contribution in [3.63, 3.8) is 0 Å². The number of nitrogens with zero attached hydrogens (tertiary/aromatic N) is 1. The van der Waals surface area contributed by atoms with Crippen LogP contribution < -0.4 is 10.2 Å². The van der Waals surface area contributed by atoms with Gasteiger partial charge in [-0.2, -0.15) is 0 Å². The minimum Gasteiger partial charge on any atom is -0.366 e. The molecular formula is C13H17F3N2. The molecule has 2 unspecified atom stereocenters. The smallest absolute Gasteiger partial charge is 0.194 e. The normalized spacial score (nSPS) is 24.4. The van der Waals surface area contributed by atoms with Gasteiger partial charge < -0.3 is 10.2 Å². The second-order valence-electron chi connectivity index (χ2n) is 4.75. The lowest BCUT2D eigenvalue weighted by Gasteiger charge is -2.40. The molecule has 1 aliphatic rings. The number of benzene rings is 1. The van der Waals surface area contributed by atoms with Crippen LogP contribution in [0.15, 0.2) is 12.1 Å². The first-order valence-electron chi connectivity index (χ1n) is 6.17. The lowest BCUT2D eigenvalue weighted by atomic mass is 10.1. The number of hydrogen-bond donors (Lipinski definition) is 1. The summed E-state index contributed by atoms with van der Waals surface area (Å²) in [5.41, 5.74) is 0.409. The Hall–Kier alpha value is -1.23. The molecule has 0 aromatic heterocycles. The summed E-state index contributed by atoms with van der Waals surface area (Å²) in [5, 5.41) is 3.32. The van der Waals surface area contributed by atoms with Gasteiger partial charge in [0, 0.05) is 43.0 Å². The van der Waals surface area contributed by atoms with Crippen molar-refractivity contribution in [2.45, 2.75) is 32.4 Å². The van der Waals surface area contributed by atoms with Crippen molar-refractivity contribution in [3.05, 3.63) is 29.6 Å². The van der Waals surface area contributed by atoms with E-state index in [1.54, 1.807) is 0 Å². The molecule has 2 atom stereocenters. The van der Waals surface area contributed by atoms with Crippen LogP contribution in [0.4, 0.5) is 18.9 Å². The fourth-order valence-electron chi connectivity index (χ4n) is 2.34. The molecule has 0 radical (unpaired) electrons. The standard InChI is InChI=1S/C13H17F3N2/c1-3-9-6-17-8(2)7-18(9)10-4-11(14)13(16)12(15)5-10/h4-5,8-9,17H,3,6-7H2,1-2H3. The van der Waals surface area contributed by atoms with E-state index in [4.69, 9.17) is 0 Å². The maximum atomic E-state index is 13.3. The van der Waals surface area contributed by atoms with Gasteiger partial charge in [-0.3, -0.25) is 0 Å². The number of anilines is 1. The summed E-state index contributed by atoms with van der Waals surface area (Å²) >= 11 is 0. The molecule has 1 N–H and O–H groups in total. The van der Waals surface area contributed by atoms with E-state index < -0.39 is 17.5 Å². The SMILES string of the molecule is CCC1CNC(C)CN1c1cc(F)c(F)c(F)c1. The van der Waals surface area contributed by atoms with Crippen LogP contribution in [0.1, 0.15) is 20.3 Å². The molecule has 5 heteroatoms. The minimum absolute atomic E-state index is 0.172. The van der Waals surface area contributed by atoms with Crippen LogP contribution in [0.3, 0.4) is 0 Å². The number of rotatable bonds is 2. The summed E-state index contributed by atoms with van der Waals surface area (Å²) < 4.78 is 39.5. The number of piperazine rings is 1. The van der Waals surface area contributed by atoms with E-state index in [1.165, 1.54) is 0 Å². The summed E-state index contributed by atoms with van der Waals surface area (Å²) in [6.45, 7) is 5.45. The molecular weight excluding hydrogens is 241 g/mol. The van der Waals surface area contributed by atoms with Crippen LogP contribution in [0.2, 0.25) is 0 Å². The maximum Gasteiger partial charge on any atom is 0.194 e. The summed E-state index contributed by atoms with van der Waals surface area (Å²) in [5.74, 6) is -3.67. The monoisotopic (exact) mass is 258 g/mol. The quantitative estimate of drug-likeness (QED) is 0.820. The molecule has 2 nitrogen and oxygen atoms in total. The van der Waals surface area contributed by atoms with Crippen molar-refractivity contribution in [2.75, 3.05) is 18.0 Å². The molecule has 1 aromatic rings. The molecule has 0 bridgehead atoms. The zero-order chi connectivity index (χ0) is 13.3. The van der Waals surface area contributed by atoms with Gasteiger partial charge >= 0.3 is 0 Å². The van der Waals surface area contributed by atoms with Gasteiger partial charge in [-0.05, 0) is 13.3 Å². The largest absolute Gasteiger partial charge is 0.366 e. The van der Waals surface area contributed by atoms with Gasteiger partial charge in [0.05, 0.1) is 0 Å². The number of hydrogen-bond acceptors (Lipinski definition) is 2. The predicted octanol–water partition coefficient (Wildman–Crippen LogP) is 2.68. The first kappa shape index (κ1) is 13.2. The first-order chi connectivity index (χ1) is 8.52. The fourth-order valence-corrected chi connectivity index (χ4v) is 2.34. The van der Waals surface area contributed by atoms with Gasteiger partial charge in [0.2, 0.25) is 0 Å². The zero-order valence-corrected chi connectivity index (χ0v) is 10.5. The Kier molecular flexibility index (Phi) is 3.80. The Labute approximate surface area is 105 Å². The summed E-state index contributed by atoms with van der Waals surface area (Å²) in [6, 6.07) is 2.55. The third kappa shape index (κ3) is 2.46. The van der Waals surface area contributed by atoms with Gasteiger partial charge in [-0.1, -0.05) is 6.92 Å². The number of nitrogens with one attached hydrogen (secondary N) is 1.